The van der Waals surface area contributed by atoms with Crippen molar-refractivity contribution < 1.29 is 4.92 Å². The van der Waals surface area contributed by atoms with E-state index < -0.39 is 4.92 Å². The molecule has 0 radical (unpaired) electrons. The van der Waals surface area contributed by atoms with Crippen molar-refractivity contribution in [3.63, 3.8) is 0 Å². The minimum Gasteiger partial charge on any atom is -0.264 e. The molecule has 0 bridgehead atoms. The number of aromatic nitrogens is 3. The van der Waals surface area contributed by atoms with Crippen LogP contribution < -0.4 is 0 Å². The Morgan fingerprint density at radius 1 is 1.37 bits per heavy atom. The molecule has 94 valence electrons. The van der Waals surface area contributed by atoms with Gasteiger partial charge in [-0.25, -0.2) is 9.97 Å². The molecule has 0 aromatic carbocycles. The number of halogens is 1. The van der Waals surface area contributed by atoms with Gasteiger partial charge in [0.05, 0.1) is 10.3 Å². The average Bonchev–Trinajstić information content (AvgIpc) is 2.84. The molecule has 0 aliphatic heterocycles. The summed E-state index contributed by atoms with van der Waals surface area (Å²) in [5.74, 6) is 0.405. The Labute approximate surface area is 115 Å². The van der Waals surface area contributed by atoms with E-state index in [1.807, 2.05) is 0 Å². The number of nitrogens with zero attached hydrogens (tertiary/aromatic N) is 4. The van der Waals surface area contributed by atoms with Crippen LogP contribution >= 0.6 is 22.9 Å². The number of rotatable bonds is 2. The van der Waals surface area contributed by atoms with Crippen LogP contribution in [0.25, 0.3) is 21.6 Å². The fourth-order valence-corrected chi connectivity index (χ4v) is 2.72. The van der Waals surface area contributed by atoms with Crippen molar-refractivity contribution in [2.45, 2.75) is 0 Å². The molecule has 0 aliphatic rings. The highest BCUT2D eigenvalue weighted by Gasteiger charge is 2.17. The molecule has 0 saturated heterocycles. The fraction of sp³-hybridized carbons (Fsp3) is 0. The molecule has 0 N–H and O–H groups in total. The van der Waals surface area contributed by atoms with Gasteiger partial charge in [-0.05, 0) is 23.5 Å². The van der Waals surface area contributed by atoms with E-state index in [1.165, 1.54) is 6.07 Å². The van der Waals surface area contributed by atoms with Crippen molar-refractivity contribution in [2.24, 2.45) is 0 Å². The van der Waals surface area contributed by atoms with Crippen LogP contribution in [-0.2, 0) is 0 Å². The Morgan fingerprint density at radius 2 is 2.21 bits per heavy atom. The van der Waals surface area contributed by atoms with Gasteiger partial charge in [0.2, 0.25) is 0 Å². The molecule has 3 aromatic heterocycles. The summed E-state index contributed by atoms with van der Waals surface area (Å²) in [6.07, 6.45) is 3.25. The molecule has 3 aromatic rings. The van der Waals surface area contributed by atoms with Gasteiger partial charge in [-0.2, -0.15) is 0 Å². The van der Waals surface area contributed by atoms with Crippen molar-refractivity contribution in [3.05, 3.63) is 45.9 Å². The van der Waals surface area contributed by atoms with E-state index in [2.05, 4.69) is 15.0 Å². The largest absolute Gasteiger partial charge is 0.326 e. The first-order chi connectivity index (χ1) is 9.15. The van der Waals surface area contributed by atoms with Crippen LogP contribution in [0.3, 0.4) is 0 Å². The highest BCUT2D eigenvalue weighted by atomic mass is 35.5. The Hall–Kier alpha value is -2.12. The summed E-state index contributed by atoms with van der Waals surface area (Å²) in [5.41, 5.74) is 0.711. The van der Waals surface area contributed by atoms with E-state index in [-0.39, 0.29) is 10.2 Å². The molecule has 0 spiro atoms. The van der Waals surface area contributed by atoms with E-state index in [0.29, 0.717) is 21.6 Å². The lowest BCUT2D eigenvalue weighted by Crippen LogP contribution is -1.89. The molecule has 0 saturated carbocycles. The zero-order valence-electron chi connectivity index (χ0n) is 9.28. The zero-order valence-corrected chi connectivity index (χ0v) is 10.9. The SMILES string of the molecule is O=[N+]([O-])c1cc2c(Cl)nc(-c3cccnc3)nc2s1. The second kappa shape index (κ2) is 4.52. The summed E-state index contributed by atoms with van der Waals surface area (Å²) in [4.78, 5) is 23.2. The molecule has 0 atom stereocenters. The molecule has 0 amide bonds. The Bertz CT molecular complexity index is 775. The quantitative estimate of drug-likeness (QED) is 0.411. The minimum atomic E-state index is -0.466. The molecular weight excluding hydrogens is 288 g/mol. The number of thiophene rings is 1. The zero-order chi connectivity index (χ0) is 13.4. The smallest absolute Gasteiger partial charge is 0.264 e. The predicted molar refractivity (Wildman–Crippen MR) is 72.3 cm³/mol. The normalized spacial score (nSPS) is 10.8. The number of hydrogen-bond acceptors (Lipinski definition) is 6. The van der Waals surface area contributed by atoms with Crippen LogP contribution in [0.1, 0.15) is 0 Å². The van der Waals surface area contributed by atoms with Gasteiger partial charge in [-0.3, -0.25) is 15.1 Å². The Balaban J connectivity index is 2.22. The van der Waals surface area contributed by atoms with Gasteiger partial charge in [0, 0.05) is 24.0 Å². The van der Waals surface area contributed by atoms with E-state index >= 15 is 0 Å². The van der Waals surface area contributed by atoms with E-state index in [4.69, 9.17) is 11.6 Å². The third kappa shape index (κ3) is 2.13. The first-order valence-electron chi connectivity index (χ1n) is 5.17. The number of fused-ring (bicyclic) bond motifs is 1. The molecule has 0 unspecified atom stereocenters. The molecule has 3 heterocycles. The Kier molecular flexibility index (Phi) is 2.84. The van der Waals surface area contributed by atoms with Crippen LogP contribution in [0, 0.1) is 10.1 Å². The lowest BCUT2D eigenvalue weighted by atomic mass is 10.2. The summed E-state index contributed by atoms with van der Waals surface area (Å²) in [5, 5.41) is 11.4. The van der Waals surface area contributed by atoms with Crippen molar-refractivity contribution in [2.75, 3.05) is 0 Å². The summed E-state index contributed by atoms with van der Waals surface area (Å²) in [6, 6.07) is 4.94. The first kappa shape index (κ1) is 11.9. The summed E-state index contributed by atoms with van der Waals surface area (Å²) < 4.78 is 0. The standard InChI is InChI=1S/C11H5ClN4O2S/c12-9-7-4-8(16(17)18)19-11(7)15-10(14-9)6-2-1-3-13-5-6/h1-5H. The first-order valence-corrected chi connectivity index (χ1v) is 6.36. The Morgan fingerprint density at radius 3 is 2.89 bits per heavy atom. The van der Waals surface area contributed by atoms with Crippen LogP contribution in [-0.4, -0.2) is 19.9 Å². The van der Waals surface area contributed by atoms with Gasteiger partial charge < -0.3 is 0 Å². The maximum Gasteiger partial charge on any atom is 0.326 e. The maximum absolute atomic E-state index is 10.8. The van der Waals surface area contributed by atoms with E-state index in [0.717, 1.165) is 11.3 Å². The van der Waals surface area contributed by atoms with Gasteiger partial charge in [0.15, 0.2) is 5.82 Å². The predicted octanol–water partition coefficient (Wildman–Crippen LogP) is 3.31. The van der Waals surface area contributed by atoms with Crippen LogP contribution in [0.4, 0.5) is 5.00 Å². The van der Waals surface area contributed by atoms with Crippen molar-refractivity contribution >= 4 is 38.2 Å². The molecule has 3 rings (SSSR count). The number of hydrogen-bond donors (Lipinski definition) is 0. The minimum absolute atomic E-state index is 0.00506. The van der Waals surface area contributed by atoms with Gasteiger partial charge >= 0.3 is 5.00 Å². The average molecular weight is 293 g/mol. The summed E-state index contributed by atoms with van der Waals surface area (Å²) >= 11 is 7.02. The lowest BCUT2D eigenvalue weighted by molar-refractivity contribution is -0.380. The second-order valence-corrected chi connectivity index (χ2v) is 5.01. The second-order valence-electron chi connectivity index (χ2n) is 3.64. The number of nitro groups is 1. The summed E-state index contributed by atoms with van der Waals surface area (Å²) in [6.45, 7) is 0. The summed E-state index contributed by atoms with van der Waals surface area (Å²) in [7, 11) is 0. The third-order valence-electron chi connectivity index (χ3n) is 2.43. The van der Waals surface area contributed by atoms with Crippen molar-refractivity contribution in [1.29, 1.82) is 0 Å². The van der Waals surface area contributed by atoms with Gasteiger partial charge in [0.1, 0.15) is 9.98 Å². The molecule has 8 heteroatoms. The number of pyridine rings is 1. The van der Waals surface area contributed by atoms with Gasteiger partial charge in [-0.1, -0.05) is 11.6 Å². The van der Waals surface area contributed by atoms with Crippen LogP contribution in [0.15, 0.2) is 30.6 Å². The maximum atomic E-state index is 10.8. The van der Waals surface area contributed by atoms with Gasteiger partial charge in [0.25, 0.3) is 0 Å². The van der Waals surface area contributed by atoms with Crippen LogP contribution in [0.5, 0.6) is 0 Å². The monoisotopic (exact) mass is 292 g/mol. The van der Waals surface area contributed by atoms with Crippen molar-refractivity contribution in [1.82, 2.24) is 15.0 Å². The molecular formula is C11H5ClN4O2S. The molecule has 19 heavy (non-hydrogen) atoms. The third-order valence-corrected chi connectivity index (χ3v) is 3.70. The molecule has 0 aliphatic carbocycles. The molecule has 0 fully saturated rings. The fourth-order valence-electron chi connectivity index (χ4n) is 1.59. The topological polar surface area (TPSA) is 81.8 Å². The highest BCUT2D eigenvalue weighted by Crippen LogP contribution is 2.34. The van der Waals surface area contributed by atoms with Crippen LogP contribution in [0.2, 0.25) is 5.15 Å². The van der Waals surface area contributed by atoms with E-state index in [1.54, 1.807) is 24.5 Å². The van der Waals surface area contributed by atoms with Crippen molar-refractivity contribution in [3.8, 4) is 11.4 Å². The highest BCUT2D eigenvalue weighted by molar-refractivity contribution is 7.21. The van der Waals surface area contributed by atoms with Gasteiger partial charge in [-0.15, -0.1) is 0 Å². The van der Waals surface area contributed by atoms with E-state index in [9.17, 15) is 10.1 Å². The lowest BCUT2D eigenvalue weighted by Gasteiger charge is -2.00. The molecule has 6 nitrogen and oxygen atoms in total.